The van der Waals surface area contributed by atoms with E-state index < -0.39 is 0 Å². The van der Waals surface area contributed by atoms with Crippen molar-refractivity contribution in [3.8, 4) is 0 Å². The van der Waals surface area contributed by atoms with Gasteiger partial charge in [-0.2, -0.15) is 0 Å². The zero-order chi connectivity index (χ0) is 10.9. The van der Waals surface area contributed by atoms with Crippen molar-refractivity contribution < 1.29 is 5.11 Å². The molecular formula is C13H24O. The van der Waals surface area contributed by atoms with E-state index in [1.54, 1.807) is 0 Å². The molecule has 1 N–H and O–H groups in total. The third-order valence-electron chi connectivity index (χ3n) is 4.38. The minimum atomic E-state index is -0.200. The van der Waals surface area contributed by atoms with Gasteiger partial charge in [0.1, 0.15) is 0 Å². The summed E-state index contributed by atoms with van der Waals surface area (Å²) in [4.78, 5) is 0. The summed E-state index contributed by atoms with van der Waals surface area (Å²) < 4.78 is 0. The van der Waals surface area contributed by atoms with E-state index in [1.807, 2.05) is 0 Å². The highest BCUT2D eigenvalue weighted by Gasteiger charge is 2.46. The molecule has 0 aromatic heterocycles. The van der Waals surface area contributed by atoms with Crippen molar-refractivity contribution in [1.82, 2.24) is 0 Å². The van der Waals surface area contributed by atoms with Gasteiger partial charge in [-0.3, -0.25) is 0 Å². The quantitative estimate of drug-likeness (QED) is 0.671. The molecule has 1 rings (SSSR count). The van der Waals surface area contributed by atoms with Crippen LogP contribution in [0.15, 0.2) is 12.2 Å². The van der Waals surface area contributed by atoms with Crippen molar-refractivity contribution in [3.05, 3.63) is 12.2 Å². The van der Waals surface area contributed by atoms with Crippen LogP contribution in [-0.2, 0) is 0 Å². The zero-order valence-electron chi connectivity index (χ0n) is 10.0. The molecule has 0 heterocycles. The fourth-order valence-corrected chi connectivity index (χ4v) is 3.26. The van der Waals surface area contributed by atoms with Gasteiger partial charge in [0.25, 0.3) is 0 Å². The summed E-state index contributed by atoms with van der Waals surface area (Å²) in [6.07, 6.45) is 3.18. The van der Waals surface area contributed by atoms with Crippen LogP contribution in [0.3, 0.4) is 0 Å². The van der Waals surface area contributed by atoms with Crippen molar-refractivity contribution in [1.29, 1.82) is 0 Å². The van der Waals surface area contributed by atoms with Crippen LogP contribution in [0.1, 0.15) is 47.0 Å². The molecule has 1 nitrogen and oxygen atoms in total. The normalized spacial score (nSPS) is 43.6. The molecule has 0 spiro atoms. The summed E-state index contributed by atoms with van der Waals surface area (Å²) in [5.41, 5.74) is 1.13. The van der Waals surface area contributed by atoms with E-state index in [4.69, 9.17) is 0 Å². The van der Waals surface area contributed by atoms with Gasteiger partial charge in [0.2, 0.25) is 0 Å². The van der Waals surface area contributed by atoms with Gasteiger partial charge in [0, 0.05) is 5.41 Å². The van der Waals surface area contributed by atoms with Gasteiger partial charge in [-0.1, -0.05) is 32.9 Å². The molecule has 1 heteroatoms. The predicted molar refractivity (Wildman–Crippen MR) is 61.1 cm³/mol. The summed E-state index contributed by atoms with van der Waals surface area (Å²) >= 11 is 0. The van der Waals surface area contributed by atoms with Crippen molar-refractivity contribution in [2.45, 2.75) is 53.1 Å². The first kappa shape index (κ1) is 11.8. The lowest BCUT2D eigenvalue weighted by Gasteiger charge is -2.49. The maximum Gasteiger partial charge on any atom is 0.0661 e. The van der Waals surface area contributed by atoms with Gasteiger partial charge in [-0.25, -0.2) is 0 Å². The molecule has 0 bridgehead atoms. The van der Waals surface area contributed by atoms with Gasteiger partial charge in [-0.15, -0.1) is 0 Å². The Hall–Kier alpha value is -0.300. The molecule has 1 fully saturated rings. The standard InChI is InChI=1S/C13H24O/c1-6-13(9(2)3)11(5)8-7-10(4)12(13)14/h10-12,14H,2,6-8H2,1,3-5H3/t10?,11?,12?,13-/m1/s1. The fraction of sp³-hybridized carbons (Fsp3) is 0.846. The lowest BCUT2D eigenvalue weighted by Crippen LogP contribution is -2.48. The molecule has 14 heavy (non-hydrogen) atoms. The van der Waals surface area contributed by atoms with Crippen LogP contribution in [0, 0.1) is 17.3 Å². The predicted octanol–water partition coefficient (Wildman–Crippen LogP) is 3.39. The topological polar surface area (TPSA) is 20.2 Å². The Bertz CT molecular complexity index is 221. The summed E-state index contributed by atoms with van der Waals surface area (Å²) in [6, 6.07) is 0. The van der Waals surface area contributed by atoms with Crippen LogP contribution in [0.4, 0.5) is 0 Å². The highest BCUT2D eigenvalue weighted by molar-refractivity contribution is 5.15. The third-order valence-corrected chi connectivity index (χ3v) is 4.38. The first-order chi connectivity index (χ1) is 6.46. The van der Waals surface area contributed by atoms with Crippen LogP contribution in [-0.4, -0.2) is 11.2 Å². The SMILES string of the molecule is C=C(C)[C@]1(CC)C(C)CCC(C)C1O. The summed E-state index contributed by atoms with van der Waals surface area (Å²) in [5, 5.41) is 10.4. The molecule has 1 saturated carbocycles. The van der Waals surface area contributed by atoms with Gasteiger partial charge < -0.3 is 5.11 Å². The molecule has 1 aliphatic carbocycles. The number of aliphatic hydroxyl groups is 1. The smallest absolute Gasteiger partial charge is 0.0661 e. The second kappa shape index (κ2) is 4.06. The average molecular weight is 196 g/mol. The maximum absolute atomic E-state index is 10.4. The van der Waals surface area contributed by atoms with E-state index in [2.05, 4.69) is 34.3 Å². The monoisotopic (exact) mass is 196 g/mol. The van der Waals surface area contributed by atoms with E-state index in [1.165, 1.54) is 6.42 Å². The van der Waals surface area contributed by atoms with Crippen molar-refractivity contribution in [2.24, 2.45) is 17.3 Å². The second-order valence-corrected chi connectivity index (χ2v) is 5.07. The Balaban J connectivity index is 3.04. The molecule has 4 atom stereocenters. The Morgan fingerprint density at radius 1 is 1.43 bits per heavy atom. The average Bonchev–Trinajstić information content (AvgIpc) is 2.13. The molecular weight excluding hydrogens is 172 g/mol. The van der Waals surface area contributed by atoms with Crippen LogP contribution >= 0.6 is 0 Å². The summed E-state index contributed by atoms with van der Waals surface area (Å²) in [7, 11) is 0. The molecule has 0 aliphatic heterocycles. The highest BCUT2D eigenvalue weighted by Crippen LogP contribution is 2.50. The first-order valence-corrected chi connectivity index (χ1v) is 5.80. The number of hydrogen-bond donors (Lipinski definition) is 1. The number of hydrogen-bond acceptors (Lipinski definition) is 1. The Morgan fingerprint density at radius 2 is 2.00 bits per heavy atom. The third kappa shape index (κ3) is 1.52. The Labute approximate surface area is 88.2 Å². The molecule has 3 unspecified atom stereocenters. The van der Waals surface area contributed by atoms with E-state index >= 15 is 0 Å². The van der Waals surface area contributed by atoms with Crippen molar-refractivity contribution in [3.63, 3.8) is 0 Å². The highest BCUT2D eigenvalue weighted by atomic mass is 16.3. The van der Waals surface area contributed by atoms with Crippen molar-refractivity contribution >= 4 is 0 Å². The molecule has 0 saturated heterocycles. The molecule has 82 valence electrons. The maximum atomic E-state index is 10.4. The van der Waals surface area contributed by atoms with Crippen LogP contribution in [0.2, 0.25) is 0 Å². The van der Waals surface area contributed by atoms with Gasteiger partial charge >= 0.3 is 0 Å². The lowest BCUT2D eigenvalue weighted by atomic mass is 9.58. The van der Waals surface area contributed by atoms with Crippen LogP contribution in [0.25, 0.3) is 0 Å². The summed E-state index contributed by atoms with van der Waals surface area (Å²) in [5.74, 6) is 0.985. The molecule has 0 aromatic rings. The first-order valence-electron chi connectivity index (χ1n) is 5.80. The minimum absolute atomic E-state index is 0.0301. The van der Waals surface area contributed by atoms with Gasteiger partial charge in [0.15, 0.2) is 0 Å². The van der Waals surface area contributed by atoms with Gasteiger partial charge in [-0.05, 0) is 38.0 Å². The van der Waals surface area contributed by atoms with E-state index in [0.29, 0.717) is 11.8 Å². The molecule has 0 amide bonds. The van der Waals surface area contributed by atoms with E-state index in [0.717, 1.165) is 18.4 Å². The Morgan fingerprint density at radius 3 is 2.36 bits per heavy atom. The molecule has 0 radical (unpaired) electrons. The van der Waals surface area contributed by atoms with Crippen molar-refractivity contribution in [2.75, 3.05) is 0 Å². The number of aliphatic hydroxyl groups excluding tert-OH is 1. The van der Waals surface area contributed by atoms with Gasteiger partial charge in [0.05, 0.1) is 6.10 Å². The largest absolute Gasteiger partial charge is 0.392 e. The lowest BCUT2D eigenvalue weighted by molar-refractivity contribution is -0.0595. The molecule has 1 aliphatic rings. The van der Waals surface area contributed by atoms with E-state index in [9.17, 15) is 5.11 Å². The fourth-order valence-electron chi connectivity index (χ4n) is 3.26. The second-order valence-electron chi connectivity index (χ2n) is 5.07. The zero-order valence-corrected chi connectivity index (χ0v) is 10.0. The van der Waals surface area contributed by atoms with E-state index in [-0.39, 0.29) is 11.5 Å². The summed E-state index contributed by atoms with van der Waals surface area (Å²) in [6.45, 7) is 12.8. The minimum Gasteiger partial charge on any atom is -0.392 e. The number of rotatable bonds is 2. The Kier molecular flexibility index (Phi) is 3.41. The molecule has 0 aromatic carbocycles. The van der Waals surface area contributed by atoms with Crippen LogP contribution in [0.5, 0.6) is 0 Å². The van der Waals surface area contributed by atoms with Crippen LogP contribution < -0.4 is 0 Å².